The number of nitrogens with zero attached hydrogens (tertiary/aromatic N) is 4. The number of thiophene rings is 6. The number of likely N-dealkylation sites (N-methyl/N-ethyl adjacent to an activating group) is 4. The van der Waals surface area contributed by atoms with E-state index in [-0.39, 0.29) is 23.6 Å². The Morgan fingerprint density at radius 1 is 0.333 bits per heavy atom. The smallest absolute Gasteiger partial charge is 0.261 e. The lowest BCUT2D eigenvalue weighted by Crippen LogP contribution is -2.24. The van der Waals surface area contributed by atoms with E-state index in [2.05, 4.69) is 36.4 Å². The summed E-state index contributed by atoms with van der Waals surface area (Å²) in [5.41, 5.74) is 4.58. The van der Waals surface area contributed by atoms with Gasteiger partial charge in [-0.3, -0.25) is 19.2 Å². The summed E-state index contributed by atoms with van der Waals surface area (Å²) in [6.45, 7) is 0. The van der Waals surface area contributed by atoms with Gasteiger partial charge in [0.25, 0.3) is 23.6 Å². The molecule has 54 heavy (non-hydrogen) atoms. The van der Waals surface area contributed by atoms with Crippen molar-refractivity contribution in [2.45, 2.75) is 0 Å². The van der Waals surface area contributed by atoms with E-state index >= 15 is 0 Å². The maximum Gasteiger partial charge on any atom is 0.261 e. The topological polar surface area (TPSA) is 81.2 Å². The average molecular weight is 819 g/mol. The van der Waals surface area contributed by atoms with E-state index in [4.69, 9.17) is 0 Å². The van der Waals surface area contributed by atoms with Crippen molar-refractivity contribution in [2.75, 3.05) is 28.2 Å². The Labute approximate surface area is 333 Å². The minimum atomic E-state index is -0.161. The van der Waals surface area contributed by atoms with E-state index in [1.165, 1.54) is 22.7 Å². The van der Waals surface area contributed by atoms with Gasteiger partial charge in [0.15, 0.2) is 0 Å². The summed E-state index contributed by atoms with van der Waals surface area (Å²) in [4.78, 5) is 70.8. The monoisotopic (exact) mass is 818 g/mol. The molecular weight excluding hydrogens is 793 g/mol. The summed E-state index contributed by atoms with van der Waals surface area (Å²) < 4.78 is 0. The predicted octanol–water partition coefficient (Wildman–Crippen LogP) is 9.19. The van der Waals surface area contributed by atoms with Gasteiger partial charge >= 0.3 is 0 Å². The van der Waals surface area contributed by atoms with Crippen molar-refractivity contribution >= 4 is 114 Å². The van der Waals surface area contributed by atoms with Crippen LogP contribution in [0.5, 0.6) is 0 Å². The van der Waals surface area contributed by atoms with Crippen LogP contribution in [0.15, 0.2) is 106 Å². The normalized spacial score (nSPS) is 17.3. The maximum atomic E-state index is 13.6. The summed E-state index contributed by atoms with van der Waals surface area (Å²) >= 11 is 9.61. The second kappa shape index (κ2) is 12.3. The molecule has 6 aromatic heterocycles. The molecule has 0 saturated heterocycles. The second-order valence-corrected chi connectivity index (χ2v) is 19.2. The zero-order valence-corrected chi connectivity index (χ0v) is 33.9. The molecule has 4 aliphatic rings. The highest BCUT2D eigenvalue weighted by Crippen LogP contribution is 2.51. The van der Waals surface area contributed by atoms with Crippen LogP contribution in [0, 0.1) is 0 Å². The van der Waals surface area contributed by atoms with E-state index in [0.29, 0.717) is 45.1 Å². The summed E-state index contributed by atoms with van der Waals surface area (Å²) in [5, 5.41) is 3.90. The third-order valence-electron chi connectivity index (χ3n) is 9.99. The van der Waals surface area contributed by atoms with E-state index in [1.54, 1.807) is 93.1 Å². The summed E-state index contributed by atoms with van der Waals surface area (Å²) in [6.07, 6.45) is 0. The molecule has 10 heterocycles. The highest BCUT2D eigenvalue weighted by Gasteiger charge is 2.48. The Morgan fingerprint density at radius 3 is 0.833 bits per heavy atom. The molecule has 0 saturated carbocycles. The maximum absolute atomic E-state index is 13.6. The van der Waals surface area contributed by atoms with Crippen LogP contribution < -0.4 is 0 Å². The first-order valence-corrected chi connectivity index (χ1v) is 21.7. The van der Waals surface area contributed by atoms with Gasteiger partial charge in [-0.05, 0) is 71.4 Å². The van der Waals surface area contributed by atoms with E-state index in [1.807, 2.05) is 47.2 Å². The molecule has 6 aromatic rings. The molecule has 0 unspecified atom stereocenters. The third kappa shape index (κ3) is 4.74. The van der Waals surface area contributed by atoms with Crippen molar-refractivity contribution in [1.82, 2.24) is 19.6 Å². The first-order valence-electron chi connectivity index (χ1n) is 16.7. The molecule has 0 bridgehead atoms. The van der Waals surface area contributed by atoms with Crippen molar-refractivity contribution in [3.63, 3.8) is 0 Å². The molecule has 0 fully saturated rings. The lowest BCUT2D eigenvalue weighted by molar-refractivity contribution is -0.123. The summed E-state index contributed by atoms with van der Waals surface area (Å²) in [5.74, 6) is -0.643. The van der Waals surface area contributed by atoms with Gasteiger partial charge in [0.05, 0.1) is 64.6 Å². The van der Waals surface area contributed by atoms with Gasteiger partial charge in [-0.25, -0.2) is 0 Å². The number of hydrogen-bond acceptors (Lipinski definition) is 10. The van der Waals surface area contributed by atoms with Gasteiger partial charge in [0.2, 0.25) is 0 Å². The van der Waals surface area contributed by atoms with E-state index < -0.39 is 0 Å². The molecule has 14 heteroatoms. The first-order chi connectivity index (χ1) is 26.1. The highest BCUT2D eigenvalue weighted by molar-refractivity contribution is 7.28. The molecule has 0 N–H and O–H groups in total. The SMILES string of the molecule is CN1C(=O)C2=C(c3ccc(-c4ccc(-c5ccc(-c6ccc(C7=C8C(=O)N(C)C(c9cccs9)=C8C(=O)N7C)s6)s5)s4)s3)N(C)C(=O)C2=C1c1cccs1. The third-order valence-corrected chi connectivity index (χ3v) is 16.7. The van der Waals surface area contributed by atoms with E-state index in [9.17, 15) is 19.2 Å². The number of rotatable bonds is 7. The van der Waals surface area contributed by atoms with Crippen molar-refractivity contribution < 1.29 is 19.2 Å². The minimum Gasteiger partial charge on any atom is -0.309 e. The number of fused-ring (bicyclic) bond motifs is 2. The van der Waals surface area contributed by atoms with Crippen LogP contribution in [0.3, 0.4) is 0 Å². The van der Waals surface area contributed by atoms with Gasteiger partial charge in [0.1, 0.15) is 0 Å². The Balaban J connectivity index is 0.934. The molecule has 0 spiro atoms. The summed E-state index contributed by atoms with van der Waals surface area (Å²) in [6, 6.07) is 24.4. The van der Waals surface area contributed by atoms with Crippen LogP contribution in [0.25, 0.3) is 52.1 Å². The fourth-order valence-corrected chi connectivity index (χ4v) is 13.5. The van der Waals surface area contributed by atoms with Gasteiger partial charge in [-0.15, -0.1) is 68.0 Å². The Bertz CT molecular complexity index is 2580. The molecular formula is C40H26N4O4S6. The quantitative estimate of drug-likeness (QED) is 0.161. The lowest BCUT2D eigenvalue weighted by Gasteiger charge is -2.18. The molecule has 0 radical (unpaired) electrons. The average Bonchev–Trinajstić information content (AvgIpc) is 4.01. The molecule has 4 amide bonds. The van der Waals surface area contributed by atoms with Crippen LogP contribution in [-0.2, 0) is 19.2 Å². The Hall–Kier alpha value is -4.96. The number of carbonyl (C=O) groups is 4. The largest absolute Gasteiger partial charge is 0.309 e. The molecule has 10 rings (SSSR count). The number of amides is 4. The van der Waals surface area contributed by atoms with Crippen LogP contribution in [0.2, 0.25) is 0 Å². The predicted molar refractivity (Wildman–Crippen MR) is 222 cm³/mol. The molecule has 0 aromatic carbocycles. The zero-order chi connectivity index (χ0) is 37.2. The molecule has 4 aliphatic heterocycles. The van der Waals surface area contributed by atoms with Crippen molar-refractivity contribution in [2.24, 2.45) is 0 Å². The first kappa shape index (κ1) is 33.6. The number of carbonyl (C=O) groups excluding carboxylic acids is 4. The summed E-state index contributed by atoms with van der Waals surface area (Å²) in [7, 11) is 6.96. The number of hydrogen-bond donors (Lipinski definition) is 0. The molecule has 0 aliphatic carbocycles. The van der Waals surface area contributed by atoms with Crippen LogP contribution in [0.4, 0.5) is 0 Å². The standard InChI is InChI=1S/C40H26N4O4S6/c1-41-33(25-7-5-17-49-25)29-31(39(41)47)35(43(3)37(29)45)27-15-13-23(53-27)21-11-9-19(51-21)20-10-12-22(52-20)24-14-16-28(54-24)36-32-30(38(46)44(36)4)34(42(2)40(32)48)26-8-6-18-50-26/h5-18H,1-4H3. The van der Waals surface area contributed by atoms with Crippen molar-refractivity contribution in [3.05, 3.63) is 125 Å². The van der Waals surface area contributed by atoms with Crippen LogP contribution >= 0.6 is 68.0 Å². The molecule has 266 valence electrons. The van der Waals surface area contributed by atoms with Crippen molar-refractivity contribution in [1.29, 1.82) is 0 Å². The zero-order valence-electron chi connectivity index (χ0n) is 29.0. The van der Waals surface area contributed by atoms with Crippen molar-refractivity contribution in [3.8, 4) is 29.3 Å². The Morgan fingerprint density at radius 2 is 0.574 bits per heavy atom. The second-order valence-electron chi connectivity index (χ2n) is 13.0. The van der Waals surface area contributed by atoms with Gasteiger partial charge in [-0.1, -0.05) is 12.1 Å². The fraction of sp³-hybridized carbons (Fsp3) is 0.100. The van der Waals surface area contributed by atoms with E-state index in [0.717, 1.165) is 48.8 Å². The highest BCUT2D eigenvalue weighted by atomic mass is 32.1. The fourth-order valence-electron chi connectivity index (χ4n) is 7.44. The van der Waals surface area contributed by atoms with Crippen LogP contribution in [-0.4, -0.2) is 71.4 Å². The van der Waals surface area contributed by atoms with Crippen LogP contribution in [0.1, 0.15) is 19.5 Å². The minimum absolute atomic E-state index is 0.161. The molecule has 0 atom stereocenters. The van der Waals surface area contributed by atoms with Gasteiger partial charge in [-0.2, -0.15) is 0 Å². The van der Waals surface area contributed by atoms with Gasteiger partial charge < -0.3 is 19.6 Å². The van der Waals surface area contributed by atoms with Gasteiger partial charge in [0, 0.05) is 57.5 Å². The Kier molecular flexibility index (Phi) is 7.64. The lowest BCUT2D eigenvalue weighted by atomic mass is 10.1. The molecule has 8 nitrogen and oxygen atoms in total.